The number of hydrogen-bond acceptors (Lipinski definition) is 4. The summed E-state index contributed by atoms with van der Waals surface area (Å²) >= 11 is 0. The normalized spacial score (nSPS) is 11.1. The van der Waals surface area contributed by atoms with Crippen molar-refractivity contribution < 1.29 is 14.3 Å². The molecule has 21 heavy (non-hydrogen) atoms. The van der Waals surface area contributed by atoms with Crippen LogP contribution in [0.25, 0.3) is 0 Å². The molecule has 2 N–H and O–H groups in total. The largest absolute Gasteiger partial charge is 0.490 e. The lowest BCUT2D eigenvalue weighted by Gasteiger charge is -2.22. The number of nitrogens with one attached hydrogen (secondary N) is 2. The zero-order chi connectivity index (χ0) is 15.9. The lowest BCUT2D eigenvalue weighted by molar-refractivity contribution is -0.122. The van der Waals surface area contributed by atoms with Gasteiger partial charge in [0, 0.05) is 24.7 Å². The van der Waals surface area contributed by atoms with E-state index in [0.29, 0.717) is 24.7 Å². The number of rotatable bonds is 7. The minimum Gasteiger partial charge on any atom is -0.490 e. The molecule has 0 spiro atoms. The molecule has 0 saturated heterocycles. The van der Waals surface area contributed by atoms with Crippen molar-refractivity contribution in [1.82, 2.24) is 10.6 Å². The summed E-state index contributed by atoms with van der Waals surface area (Å²) in [5.74, 6) is 1.12. The number of benzene rings is 1. The summed E-state index contributed by atoms with van der Waals surface area (Å²) < 4.78 is 11.3. The van der Waals surface area contributed by atoms with Crippen LogP contribution in [-0.2, 0) is 11.3 Å². The van der Waals surface area contributed by atoms with E-state index in [2.05, 4.69) is 31.4 Å². The van der Waals surface area contributed by atoms with Crippen LogP contribution in [-0.4, -0.2) is 31.7 Å². The molecule has 0 aliphatic carbocycles. The maximum atomic E-state index is 11.4. The molecule has 0 aliphatic rings. The van der Waals surface area contributed by atoms with Gasteiger partial charge in [0.1, 0.15) is 0 Å². The Kier molecular flexibility index (Phi) is 6.49. The van der Waals surface area contributed by atoms with E-state index in [9.17, 15) is 4.79 Å². The van der Waals surface area contributed by atoms with Crippen molar-refractivity contribution in [2.24, 2.45) is 0 Å². The van der Waals surface area contributed by atoms with Gasteiger partial charge in [0.25, 0.3) is 5.91 Å². The van der Waals surface area contributed by atoms with E-state index in [1.54, 1.807) is 7.05 Å². The Morgan fingerprint density at radius 3 is 2.52 bits per heavy atom. The smallest absolute Gasteiger partial charge is 0.257 e. The van der Waals surface area contributed by atoms with Gasteiger partial charge in [-0.05, 0) is 33.8 Å². The molecule has 1 rings (SSSR count). The van der Waals surface area contributed by atoms with E-state index in [4.69, 9.17) is 9.47 Å². The standard InChI is InChI=1S/C16H26N2O3/c1-6-20-13-9-7-8-12(10-18-16(2,3)4)15(13)21-11-14(19)17-5/h7-9,18H,6,10-11H2,1-5H3,(H,17,19). The Labute approximate surface area is 127 Å². The van der Waals surface area contributed by atoms with Gasteiger partial charge < -0.3 is 20.1 Å². The molecular weight excluding hydrogens is 268 g/mol. The summed E-state index contributed by atoms with van der Waals surface area (Å²) in [7, 11) is 1.59. The average Bonchev–Trinajstić information content (AvgIpc) is 2.43. The highest BCUT2D eigenvalue weighted by Gasteiger charge is 2.15. The van der Waals surface area contributed by atoms with Crippen LogP contribution < -0.4 is 20.1 Å². The fourth-order valence-electron chi connectivity index (χ4n) is 1.70. The van der Waals surface area contributed by atoms with Gasteiger partial charge in [0.05, 0.1) is 6.61 Å². The first-order valence-electron chi connectivity index (χ1n) is 7.20. The fraction of sp³-hybridized carbons (Fsp3) is 0.562. The Balaban J connectivity index is 2.93. The number of carbonyl (C=O) groups excluding carboxylic acids is 1. The van der Waals surface area contributed by atoms with E-state index >= 15 is 0 Å². The Morgan fingerprint density at radius 1 is 1.24 bits per heavy atom. The van der Waals surface area contributed by atoms with E-state index in [-0.39, 0.29) is 18.1 Å². The van der Waals surface area contributed by atoms with Crippen LogP contribution in [0.1, 0.15) is 33.3 Å². The predicted molar refractivity (Wildman–Crippen MR) is 83.8 cm³/mol. The van der Waals surface area contributed by atoms with Crippen LogP contribution in [0.3, 0.4) is 0 Å². The van der Waals surface area contributed by atoms with Crippen LogP contribution >= 0.6 is 0 Å². The van der Waals surface area contributed by atoms with Crippen LogP contribution in [0.4, 0.5) is 0 Å². The van der Waals surface area contributed by atoms with Crippen molar-refractivity contribution >= 4 is 5.91 Å². The van der Waals surface area contributed by atoms with Gasteiger partial charge >= 0.3 is 0 Å². The van der Waals surface area contributed by atoms with Crippen LogP contribution in [0, 0.1) is 0 Å². The van der Waals surface area contributed by atoms with Crippen LogP contribution in [0.5, 0.6) is 11.5 Å². The first-order valence-corrected chi connectivity index (χ1v) is 7.20. The molecule has 0 saturated carbocycles. The molecule has 0 fully saturated rings. The fourth-order valence-corrected chi connectivity index (χ4v) is 1.70. The Morgan fingerprint density at radius 2 is 1.95 bits per heavy atom. The maximum Gasteiger partial charge on any atom is 0.257 e. The van der Waals surface area contributed by atoms with Crippen molar-refractivity contribution in [2.75, 3.05) is 20.3 Å². The zero-order valence-electron chi connectivity index (χ0n) is 13.6. The molecule has 5 heteroatoms. The molecule has 0 unspecified atom stereocenters. The van der Waals surface area contributed by atoms with Gasteiger partial charge in [-0.3, -0.25) is 4.79 Å². The third-order valence-electron chi connectivity index (χ3n) is 2.80. The molecule has 0 aromatic heterocycles. The minimum absolute atomic E-state index is 0.000316. The first-order chi connectivity index (χ1) is 9.87. The number of para-hydroxylation sites is 1. The molecule has 0 heterocycles. The topological polar surface area (TPSA) is 59.6 Å². The number of carbonyl (C=O) groups is 1. The number of ether oxygens (including phenoxy) is 2. The molecule has 118 valence electrons. The van der Waals surface area contributed by atoms with Crippen LogP contribution in [0.15, 0.2) is 18.2 Å². The van der Waals surface area contributed by atoms with Crippen molar-refractivity contribution in [3.8, 4) is 11.5 Å². The van der Waals surface area contributed by atoms with Crippen molar-refractivity contribution in [3.05, 3.63) is 23.8 Å². The molecule has 0 radical (unpaired) electrons. The highest BCUT2D eigenvalue weighted by Crippen LogP contribution is 2.31. The summed E-state index contributed by atoms with van der Waals surface area (Å²) in [6.45, 7) is 9.39. The van der Waals surface area contributed by atoms with Gasteiger partial charge in [-0.1, -0.05) is 12.1 Å². The maximum absolute atomic E-state index is 11.4. The highest BCUT2D eigenvalue weighted by atomic mass is 16.5. The SMILES string of the molecule is CCOc1cccc(CNC(C)(C)C)c1OCC(=O)NC. The highest BCUT2D eigenvalue weighted by molar-refractivity contribution is 5.77. The van der Waals surface area contributed by atoms with Crippen molar-refractivity contribution in [2.45, 2.75) is 39.8 Å². The lowest BCUT2D eigenvalue weighted by Crippen LogP contribution is -2.35. The second-order valence-electron chi connectivity index (χ2n) is 5.74. The van der Waals surface area contributed by atoms with Crippen molar-refractivity contribution in [3.63, 3.8) is 0 Å². The second kappa shape index (κ2) is 7.88. The quantitative estimate of drug-likeness (QED) is 0.808. The van der Waals surface area contributed by atoms with Gasteiger partial charge in [-0.25, -0.2) is 0 Å². The summed E-state index contributed by atoms with van der Waals surface area (Å²) in [6.07, 6.45) is 0. The number of amides is 1. The van der Waals surface area contributed by atoms with Crippen molar-refractivity contribution in [1.29, 1.82) is 0 Å². The van der Waals surface area contributed by atoms with E-state index in [1.165, 1.54) is 0 Å². The predicted octanol–water partition coefficient (Wildman–Crippen LogP) is 2.10. The summed E-state index contributed by atoms with van der Waals surface area (Å²) in [4.78, 5) is 11.4. The van der Waals surface area contributed by atoms with Gasteiger partial charge in [0.15, 0.2) is 18.1 Å². The summed E-state index contributed by atoms with van der Waals surface area (Å²) in [6, 6.07) is 5.75. The van der Waals surface area contributed by atoms with Gasteiger partial charge in [0.2, 0.25) is 0 Å². The zero-order valence-corrected chi connectivity index (χ0v) is 13.6. The average molecular weight is 294 g/mol. The Hall–Kier alpha value is -1.75. The molecule has 5 nitrogen and oxygen atoms in total. The molecule has 1 aromatic rings. The molecule has 1 amide bonds. The molecule has 1 aromatic carbocycles. The lowest BCUT2D eigenvalue weighted by atomic mass is 10.1. The second-order valence-corrected chi connectivity index (χ2v) is 5.74. The minimum atomic E-state index is -0.170. The Bertz CT molecular complexity index is 467. The molecular formula is C16H26N2O3. The third kappa shape index (κ3) is 6.04. The monoisotopic (exact) mass is 294 g/mol. The molecule has 0 atom stereocenters. The van der Waals surface area contributed by atoms with E-state index < -0.39 is 0 Å². The number of hydrogen-bond donors (Lipinski definition) is 2. The first kappa shape index (κ1) is 17.3. The number of likely N-dealkylation sites (N-methyl/N-ethyl adjacent to an activating group) is 1. The summed E-state index contributed by atoms with van der Waals surface area (Å²) in [5, 5.41) is 5.96. The molecule has 0 aliphatic heterocycles. The molecule has 0 bridgehead atoms. The van der Waals surface area contributed by atoms with Gasteiger partial charge in [-0.2, -0.15) is 0 Å². The van der Waals surface area contributed by atoms with Gasteiger partial charge in [-0.15, -0.1) is 0 Å². The van der Waals surface area contributed by atoms with E-state index in [1.807, 2.05) is 25.1 Å². The summed E-state index contributed by atoms with van der Waals surface area (Å²) in [5.41, 5.74) is 0.972. The van der Waals surface area contributed by atoms with E-state index in [0.717, 1.165) is 5.56 Å². The van der Waals surface area contributed by atoms with Crippen LogP contribution in [0.2, 0.25) is 0 Å². The third-order valence-corrected chi connectivity index (χ3v) is 2.80.